The molecule has 0 aromatic heterocycles. The minimum Gasteiger partial charge on any atom is -0.497 e. The van der Waals surface area contributed by atoms with Gasteiger partial charge in [-0.05, 0) is 24.3 Å². The van der Waals surface area contributed by atoms with Crippen molar-refractivity contribution in [1.29, 1.82) is 0 Å². The molecule has 1 atom stereocenters. The maximum atomic E-state index is 10.0. The largest absolute Gasteiger partial charge is 0.497 e. The lowest BCUT2D eigenvalue weighted by Gasteiger charge is -2.33. The zero-order chi connectivity index (χ0) is 10.8. The van der Waals surface area contributed by atoms with Crippen molar-refractivity contribution in [2.24, 2.45) is 0 Å². The summed E-state index contributed by atoms with van der Waals surface area (Å²) in [5.74, 6) is 0.771. The maximum absolute atomic E-state index is 10.0. The van der Waals surface area contributed by atoms with Gasteiger partial charge in [0.1, 0.15) is 5.75 Å². The SMILES string of the molecule is [CH]S(O)(c1ccc(OC)cc1)C(C)C. The summed E-state index contributed by atoms with van der Waals surface area (Å²) in [4.78, 5) is 0.785. The van der Waals surface area contributed by atoms with E-state index in [2.05, 4.69) is 0 Å². The number of benzene rings is 1. The molecule has 0 aliphatic heterocycles. The van der Waals surface area contributed by atoms with Crippen molar-refractivity contribution < 1.29 is 9.29 Å². The predicted molar refractivity (Wildman–Crippen MR) is 60.9 cm³/mol. The summed E-state index contributed by atoms with van der Waals surface area (Å²) < 4.78 is 15.1. The van der Waals surface area contributed by atoms with E-state index in [-0.39, 0.29) is 5.25 Å². The lowest BCUT2D eigenvalue weighted by atomic mass is 10.3. The fourth-order valence-electron chi connectivity index (χ4n) is 1.07. The summed E-state index contributed by atoms with van der Waals surface area (Å²) in [6.07, 6.45) is 5.87. The molecule has 1 unspecified atom stereocenters. The van der Waals surface area contributed by atoms with Crippen LogP contribution in [-0.2, 0) is 0 Å². The Kier molecular flexibility index (Phi) is 3.45. The first-order chi connectivity index (χ1) is 6.48. The molecule has 0 bridgehead atoms. The van der Waals surface area contributed by atoms with Crippen LogP contribution in [0.25, 0.3) is 0 Å². The second kappa shape index (κ2) is 4.24. The summed E-state index contributed by atoms with van der Waals surface area (Å²) in [7, 11) is -0.547. The standard InChI is InChI=1S/C11H16O2S/c1-9(2)14(4,12)11-7-5-10(13-3)6-8-11/h4-9,12H,1-3H3. The molecular weight excluding hydrogens is 196 g/mol. The van der Waals surface area contributed by atoms with Gasteiger partial charge in [0.05, 0.1) is 7.11 Å². The van der Waals surface area contributed by atoms with Crippen molar-refractivity contribution >= 4 is 10.3 Å². The normalized spacial score (nSPS) is 17.6. The van der Waals surface area contributed by atoms with E-state index in [1.54, 1.807) is 7.11 Å². The quantitative estimate of drug-likeness (QED) is 0.832. The Morgan fingerprint density at radius 1 is 1.29 bits per heavy atom. The highest BCUT2D eigenvalue weighted by Crippen LogP contribution is 2.54. The molecule has 0 saturated carbocycles. The number of methoxy groups -OCH3 is 1. The average molecular weight is 212 g/mol. The second-order valence-corrected chi connectivity index (χ2v) is 6.16. The van der Waals surface area contributed by atoms with Crippen LogP contribution in [0.1, 0.15) is 13.8 Å². The van der Waals surface area contributed by atoms with Crippen molar-refractivity contribution in [2.75, 3.05) is 7.11 Å². The molecule has 1 aromatic carbocycles. The molecule has 1 rings (SSSR count). The molecule has 3 heteroatoms. The fourth-order valence-corrected chi connectivity index (χ4v) is 2.18. The maximum Gasteiger partial charge on any atom is 0.118 e. The van der Waals surface area contributed by atoms with E-state index in [0.29, 0.717) is 0 Å². The van der Waals surface area contributed by atoms with E-state index in [9.17, 15) is 4.55 Å². The van der Waals surface area contributed by atoms with Crippen molar-refractivity contribution in [3.05, 3.63) is 30.5 Å². The Labute approximate surface area is 87.4 Å². The van der Waals surface area contributed by atoms with Crippen molar-refractivity contribution in [1.82, 2.24) is 0 Å². The van der Waals surface area contributed by atoms with Gasteiger partial charge in [-0.3, -0.25) is 0 Å². The molecule has 2 nitrogen and oxygen atoms in total. The van der Waals surface area contributed by atoms with E-state index >= 15 is 0 Å². The second-order valence-electron chi connectivity index (χ2n) is 3.40. The summed E-state index contributed by atoms with van der Waals surface area (Å²) >= 11 is 0. The van der Waals surface area contributed by atoms with Crippen molar-refractivity contribution in [3.8, 4) is 5.75 Å². The van der Waals surface area contributed by atoms with E-state index in [0.717, 1.165) is 10.6 Å². The van der Waals surface area contributed by atoms with E-state index in [4.69, 9.17) is 11.0 Å². The lowest BCUT2D eigenvalue weighted by Crippen LogP contribution is -2.07. The van der Waals surface area contributed by atoms with Crippen LogP contribution < -0.4 is 4.74 Å². The Bertz CT molecular complexity index is 291. The highest BCUT2D eigenvalue weighted by Gasteiger charge is 2.21. The summed E-state index contributed by atoms with van der Waals surface area (Å²) in [5.41, 5.74) is 0. The van der Waals surface area contributed by atoms with Crippen LogP contribution >= 0.6 is 10.3 Å². The Hall–Kier alpha value is -0.670. The molecule has 2 radical (unpaired) electrons. The van der Waals surface area contributed by atoms with Gasteiger partial charge in [-0.25, -0.2) is 0 Å². The van der Waals surface area contributed by atoms with Crippen molar-refractivity contribution in [3.63, 3.8) is 0 Å². The minimum absolute atomic E-state index is 0.0518. The molecular formula is C11H16O2S. The first-order valence-electron chi connectivity index (χ1n) is 4.45. The molecule has 14 heavy (non-hydrogen) atoms. The van der Waals surface area contributed by atoms with E-state index in [1.807, 2.05) is 38.1 Å². The van der Waals surface area contributed by atoms with Crippen LogP contribution in [0.2, 0.25) is 0 Å². The van der Waals surface area contributed by atoms with Crippen LogP contribution in [0.4, 0.5) is 0 Å². The number of ether oxygens (including phenoxy) is 1. The smallest absolute Gasteiger partial charge is 0.118 e. The highest BCUT2D eigenvalue weighted by molar-refractivity contribution is 8.30. The van der Waals surface area contributed by atoms with Crippen LogP contribution in [0.5, 0.6) is 5.75 Å². The van der Waals surface area contributed by atoms with Crippen LogP contribution in [-0.4, -0.2) is 16.9 Å². The van der Waals surface area contributed by atoms with Gasteiger partial charge in [-0.2, -0.15) is 0 Å². The van der Waals surface area contributed by atoms with Gasteiger partial charge >= 0.3 is 0 Å². The summed E-state index contributed by atoms with van der Waals surface area (Å²) in [6, 6.07) is 7.24. The Balaban J connectivity index is 2.97. The zero-order valence-electron chi connectivity index (χ0n) is 8.73. The third-order valence-electron chi connectivity index (χ3n) is 2.16. The molecule has 0 heterocycles. The number of hydrogen-bond donors (Lipinski definition) is 1. The topological polar surface area (TPSA) is 29.5 Å². The van der Waals surface area contributed by atoms with Crippen molar-refractivity contribution in [2.45, 2.75) is 24.0 Å². The number of rotatable bonds is 3. The Morgan fingerprint density at radius 3 is 2.14 bits per heavy atom. The lowest BCUT2D eigenvalue weighted by molar-refractivity contribution is 0.414. The first-order valence-corrected chi connectivity index (χ1v) is 6.16. The minimum atomic E-state index is -2.16. The Morgan fingerprint density at radius 2 is 1.79 bits per heavy atom. The van der Waals surface area contributed by atoms with Gasteiger partial charge in [0.15, 0.2) is 0 Å². The molecule has 0 saturated heterocycles. The molecule has 0 spiro atoms. The van der Waals surface area contributed by atoms with Crippen LogP contribution in [0.3, 0.4) is 0 Å². The van der Waals surface area contributed by atoms with E-state index < -0.39 is 10.3 Å². The summed E-state index contributed by atoms with van der Waals surface area (Å²) in [5, 5.41) is 0.0518. The third kappa shape index (κ3) is 2.22. The molecule has 0 amide bonds. The highest BCUT2D eigenvalue weighted by atomic mass is 32.3. The first kappa shape index (κ1) is 11.4. The molecule has 78 valence electrons. The van der Waals surface area contributed by atoms with Crippen LogP contribution in [0, 0.1) is 6.26 Å². The van der Waals surface area contributed by atoms with Gasteiger partial charge in [-0.1, -0.05) is 13.8 Å². The monoisotopic (exact) mass is 212 g/mol. The third-order valence-corrected chi connectivity index (χ3v) is 4.62. The number of hydrogen-bond acceptors (Lipinski definition) is 2. The molecule has 0 fully saturated rings. The van der Waals surface area contributed by atoms with Crippen LogP contribution in [0.15, 0.2) is 29.2 Å². The molecule has 1 N–H and O–H groups in total. The van der Waals surface area contributed by atoms with Gasteiger partial charge in [0.2, 0.25) is 0 Å². The molecule has 1 aromatic rings. The summed E-state index contributed by atoms with van der Waals surface area (Å²) in [6.45, 7) is 3.83. The molecule has 0 aliphatic carbocycles. The van der Waals surface area contributed by atoms with E-state index in [1.165, 1.54) is 0 Å². The van der Waals surface area contributed by atoms with Gasteiger partial charge in [0.25, 0.3) is 0 Å². The molecule has 0 aliphatic rings. The van der Waals surface area contributed by atoms with Gasteiger partial charge < -0.3 is 9.29 Å². The predicted octanol–water partition coefficient (Wildman–Crippen LogP) is 3.41. The van der Waals surface area contributed by atoms with Gasteiger partial charge in [-0.15, -0.1) is 10.3 Å². The average Bonchev–Trinajstić information content (AvgIpc) is 2.17. The van der Waals surface area contributed by atoms with Gasteiger partial charge in [0, 0.05) is 16.4 Å². The zero-order valence-corrected chi connectivity index (χ0v) is 9.54. The fraction of sp³-hybridized carbons (Fsp3) is 0.364.